The number of hydrogen-bond acceptors (Lipinski definition) is 5. The summed E-state index contributed by atoms with van der Waals surface area (Å²) in [7, 11) is 0. The molecule has 0 amide bonds. The van der Waals surface area contributed by atoms with Gasteiger partial charge in [-0.15, -0.1) is 0 Å². The molecule has 0 aliphatic carbocycles. The van der Waals surface area contributed by atoms with Crippen LogP contribution in [0.1, 0.15) is 16.7 Å². The van der Waals surface area contributed by atoms with E-state index >= 15 is 0 Å². The maximum absolute atomic E-state index is 8.87. The van der Waals surface area contributed by atoms with Crippen LogP contribution < -0.4 is 4.74 Å². The lowest BCUT2D eigenvalue weighted by Crippen LogP contribution is -1.95. The van der Waals surface area contributed by atoms with Gasteiger partial charge in [-0.3, -0.25) is 0 Å². The van der Waals surface area contributed by atoms with Crippen LogP contribution in [-0.4, -0.2) is 15.1 Å². The van der Waals surface area contributed by atoms with Gasteiger partial charge in [-0.25, -0.2) is 9.97 Å². The number of aromatic nitrogens is 2. The molecular weight excluding hydrogens is 230 g/mol. The largest absolute Gasteiger partial charge is 0.424 e. The van der Waals surface area contributed by atoms with E-state index in [-0.39, 0.29) is 12.6 Å². The molecule has 0 aliphatic heterocycles. The Labute approximate surface area is 104 Å². The van der Waals surface area contributed by atoms with Gasteiger partial charge in [0.25, 0.3) is 0 Å². The van der Waals surface area contributed by atoms with Crippen molar-refractivity contribution in [1.29, 1.82) is 5.26 Å². The van der Waals surface area contributed by atoms with Crippen LogP contribution >= 0.6 is 0 Å². The average molecular weight is 241 g/mol. The van der Waals surface area contributed by atoms with Gasteiger partial charge in [0, 0.05) is 18.0 Å². The van der Waals surface area contributed by atoms with Crippen LogP contribution in [0.3, 0.4) is 0 Å². The summed E-state index contributed by atoms with van der Waals surface area (Å²) in [6.45, 7) is 1.77. The van der Waals surface area contributed by atoms with Crippen molar-refractivity contribution in [3.8, 4) is 17.8 Å². The molecule has 0 fully saturated rings. The van der Waals surface area contributed by atoms with Gasteiger partial charge in [-0.1, -0.05) is 6.07 Å². The second kappa shape index (κ2) is 5.25. The van der Waals surface area contributed by atoms with Gasteiger partial charge in [-0.05, 0) is 24.6 Å². The highest BCUT2D eigenvalue weighted by Gasteiger charge is 2.05. The number of nitriles is 1. The maximum Gasteiger partial charge on any atom is 0.321 e. The zero-order valence-corrected chi connectivity index (χ0v) is 9.79. The molecule has 0 unspecified atom stereocenters. The van der Waals surface area contributed by atoms with Crippen LogP contribution in [-0.2, 0) is 6.61 Å². The van der Waals surface area contributed by atoms with E-state index in [1.54, 1.807) is 18.2 Å². The Balaban J connectivity index is 2.25. The highest BCUT2D eigenvalue weighted by Crippen LogP contribution is 2.23. The molecule has 0 saturated carbocycles. The lowest BCUT2D eigenvalue weighted by atomic mass is 10.1. The molecule has 5 heteroatoms. The molecule has 1 aromatic heterocycles. The van der Waals surface area contributed by atoms with Crippen LogP contribution in [0, 0.1) is 18.3 Å². The van der Waals surface area contributed by atoms with Crippen LogP contribution in [0.4, 0.5) is 0 Å². The summed E-state index contributed by atoms with van der Waals surface area (Å²) in [6, 6.07) is 7.39. The van der Waals surface area contributed by atoms with E-state index in [9.17, 15) is 0 Å². The van der Waals surface area contributed by atoms with Crippen LogP contribution in [0.2, 0.25) is 0 Å². The highest BCUT2D eigenvalue weighted by molar-refractivity contribution is 5.42. The molecule has 0 bridgehead atoms. The fourth-order valence-electron chi connectivity index (χ4n) is 1.36. The molecule has 5 nitrogen and oxygen atoms in total. The van der Waals surface area contributed by atoms with Crippen molar-refractivity contribution < 1.29 is 9.84 Å². The van der Waals surface area contributed by atoms with E-state index in [0.717, 1.165) is 5.56 Å². The monoisotopic (exact) mass is 241 g/mol. The molecule has 0 saturated heterocycles. The summed E-state index contributed by atoms with van der Waals surface area (Å²) in [4.78, 5) is 7.93. The molecule has 18 heavy (non-hydrogen) atoms. The molecule has 2 aromatic rings. The number of aryl methyl sites for hydroxylation is 1. The van der Waals surface area contributed by atoms with E-state index < -0.39 is 0 Å². The minimum Gasteiger partial charge on any atom is -0.424 e. The number of ether oxygens (including phenoxy) is 1. The van der Waals surface area contributed by atoms with Crippen LogP contribution in [0.25, 0.3) is 0 Å². The topological polar surface area (TPSA) is 79.0 Å². The van der Waals surface area contributed by atoms with Gasteiger partial charge in [0.1, 0.15) is 5.75 Å². The number of rotatable bonds is 3. The van der Waals surface area contributed by atoms with Crippen molar-refractivity contribution in [3.05, 3.63) is 47.3 Å². The van der Waals surface area contributed by atoms with Gasteiger partial charge in [0.05, 0.1) is 18.2 Å². The molecule has 2 rings (SSSR count). The second-order valence-electron chi connectivity index (χ2n) is 3.73. The quantitative estimate of drug-likeness (QED) is 0.888. The first-order valence-corrected chi connectivity index (χ1v) is 5.33. The Kier molecular flexibility index (Phi) is 3.51. The Morgan fingerprint density at radius 2 is 2.06 bits per heavy atom. The van der Waals surface area contributed by atoms with Gasteiger partial charge in [-0.2, -0.15) is 5.26 Å². The summed E-state index contributed by atoms with van der Waals surface area (Å²) in [5.74, 6) is 0.547. The fraction of sp³-hybridized carbons (Fsp3) is 0.154. The van der Waals surface area contributed by atoms with Crippen molar-refractivity contribution in [2.75, 3.05) is 0 Å². The zero-order chi connectivity index (χ0) is 13.0. The molecule has 1 heterocycles. The van der Waals surface area contributed by atoms with Crippen LogP contribution in [0.5, 0.6) is 11.8 Å². The minimum atomic E-state index is -0.108. The molecule has 0 atom stereocenters. The summed E-state index contributed by atoms with van der Waals surface area (Å²) in [6.07, 6.45) is 2.98. The van der Waals surface area contributed by atoms with Gasteiger partial charge in [0.2, 0.25) is 0 Å². The number of aliphatic hydroxyl groups is 1. The van der Waals surface area contributed by atoms with Gasteiger partial charge in [0.15, 0.2) is 0 Å². The Morgan fingerprint density at radius 3 is 2.67 bits per heavy atom. The molecule has 0 aliphatic rings. The standard InChI is InChI=1S/C13H11N3O2/c1-9-2-3-10(5-14)4-12(9)18-13-15-6-11(8-17)7-16-13/h2-4,6-7,17H,8H2,1H3. The third kappa shape index (κ3) is 2.62. The van der Waals surface area contributed by atoms with Crippen molar-refractivity contribution >= 4 is 0 Å². The lowest BCUT2D eigenvalue weighted by Gasteiger charge is -2.07. The SMILES string of the molecule is Cc1ccc(C#N)cc1Oc1ncc(CO)cn1. The maximum atomic E-state index is 8.87. The van der Waals surface area contributed by atoms with E-state index in [4.69, 9.17) is 15.1 Å². The summed E-state index contributed by atoms with van der Waals surface area (Å²) in [5.41, 5.74) is 2.02. The predicted octanol–water partition coefficient (Wildman–Crippen LogP) is 1.94. The van der Waals surface area contributed by atoms with Crippen LogP contribution in [0.15, 0.2) is 30.6 Å². The Hall–Kier alpha value is -2.45. The van der Waals surface area contributed by atoms with Gasteiger partial charge >= 0.3 is 6.01 Å². The minimum absolute atomic E-state index is 0.108. The number of nitrogens with zero attached hydrogens (tertiary/aromatic N) is 3. The Morgan fingerprint density at radius 1 is 1.33 bits per heavy atom. The lowest BCUT2D eigenvalue weighted by molar-refractivity contribution is 0.280. The predicted molar refractivity (Wildman–Crippen MR) is 63.9 cm³/mol. The fourth-order valence-corrected chi connectivity index (χ4v) is 1.36. The summed E-state index contributed by atoms with van der Waals surface area (Å²) < 4.78 is 5.50. The van der Waals surface area contributed by atoms with E-state index in [2.05, 4.69) is 9.97 Å². The molecule has 0 radical (unpaired) electrons. The third-order valence-electron chi connectivity index (χ3n) is 2.38. The molecular formula is C13H11N3O2. The second-order valence-corrected chi connectivity index (χ2v) is 3.73. The first-order valence-electron chi connectivity index (χ1n) is 5.33. The highest BCUT2D eigenvalue weighted by atomic mass is 16.5. The average Bonchev–Trinajstić information content (AvgIpc) is 2.42. The first kappa shape index (κ1) is 12.0. The molecule has 1 aromatic carbocycles. The smallest absolute Gasteiger partial charge is 0.321 e. The van der Waals surface area contributed by atoms with Crippen molar-refractivity contribution in [1.82, 2.24) is 9.97 Å². The Bertz CT molecular complexity index is 588. The van der Waals surface area contributed by atoms with E-state index in [1.165, 1.54) is 12.4 Å². The molecule has 0 spiro atoms. The number of hydrogen-bond donors (Lipinski definition) is 1. The summed E-state index contributed by atoms with van der Waals surface area (Å²) in [5, 5.41) is 17.7. The van der Waals surface area contributed by atoms with Crippen molar-refractivity contribution in [3.63, 3.8) is 0 Å². The van der Waals surface area contributed by atoms with E-state index in [1.807, 2.05) is 13.0 Å². The van der Waals surface area contributed by atoms with Gasteiger partial charge < -0.3 is 9.84 Å². The zero-order valence-electron chi connectivity index (χ0n) is 9.79. The van der Waals surface area contributed by atoms with Crippen molar-refractivity contribution in [2.45, 2.75) is 13.5 Å². The first-order chi connectivity index (χ1) is 8.72. The third-order valence-corrected chi connectivity index (χ3v) is 2.38. The number of benzene rings is 1. The number of aliphatic hydroxyl groups excluding tert-OH is 1. The van der Waals surface area contributed by atoms with E-state index in [0.29, 0.717) is 16.9 Å². The summed E-state index contributed by atoms with van der Waals surface area (Å²) >= 11 is 0. The normalized spacial score (nSPS) is 9.83. The van der Waals surface area contributed by atoms with Crippen molar-refractivity contribution in [2.24, 2.45) is 0 Å². The molecule has 90 valence electrons. The molecule has 1 N–H and O–H groups in total.